The van der Waals surface area contributed by atoms with Crippen molar-refractivity contribution in [3.8, 4) is 0 Å². The highest BCUT2D eigenvalue weighted by molar-refractivity contribution is 7.90. The first-order valence-electron chi connectivity index (χ1n) is 6.89. The van der Waals surface area contributed by atoms with Crippen molar-refractivity contribution in [2.24, 2.45) is 0 Å². The number of rotatable bonds is 6. The van der Waals surface area contributed by atoms with Crippen LogP contribution in [0.5, 0.6) is 0 Å². The lowest BCUT2D eigenvalue weighted by Crippen LogP contribution is -2.07. The number of hydrogen-bond donors (Lipinski definition) is 1. The lowest BCUT2D eigenvalue weighted by molar-refractivity contribution is -0.385. The van der Waals surface area contributed by atoms with Gasteiger partial charge in [0.05, 0.1) is 22.1 Å². The molecule has 9 nitrogen and oxygen atoms in total. The minimum absolute atomic E-state index is 0.139. The molecule has 1 N–H and O–H groups in total. The highest BCUT2D eigenvalue weighted by atomic mass is 32.2. The van der Waals surface area contributed by atoms with E-state index in [9.17, 15) is 18.5 Å². The van der Waals surface area contributed by atoms with Gasteiger partial charge >= 0.3 is 0 Å². The molecule has 1 saturated carbocycles. The molecule has 1 heterocycles. The molecule has 1 aliphatic carbocycles. The second kappa shape index (κ2) is 5.61. The van der Waals surface area contributed by atoms with Gasteiger partial charge in [-0.3, -0.25) is 10.1 Å². The molecule has 2 aromatic rings. The predicted octanol–water partition coefficient (Wildman–Crippen LogP) is 1.87. The summed E-state index contributed by atoms with van der Waals surface area (Å²) in [7, 11) is -3.63. The van der Waals surface area contributed by atoms with E-state index in [1.165, 1.54) is 12.1 Å². The van der Waals surface area contributed by atoms with E-state index in [2.05, 4.69) is 15.5 Å². The zero-order chi connectivity index (χ0) is 16.6. The fraction of sp³-hybridized carbons (Fsp3) is 0.385. The normalized spacial score (nSPS) is 14.7. The number of nitro benzene ring substituents is 1. The maximum atomic E-state index is 11.8. The van der Waals surface area contributed by atoms with Gasteiger partial charge in [0.1, 0.15) is 0 Å². The molecular formula is C13H14N4O5S. The molecule has 1 aromatic heterocycles. The first kappa shape index (κ1) is 15.4. The van der Waals surface area contributed by atoms with E-state index in [4.69, 9.17) is 4.52 Å². The van der Waals surface area contributed by atoms with E-state index in [1.807, 2.05) is 0 Å². The van der Waals surface area contributed by atoms with Gasteiger partial charge in [0.15, 0.2) is 15.7 Å². The van der Waals surface area contributed by atoms with Crippen molar-refractivity contribution in [1.29, 1.82) is 0 Å². The number of anilines is 1. The van der Waals surface area contributed by atoms with Crippen LogP contribution in [0.2, 0.25) is 0 Å². The van der Waals surface area contributed by atoms with Crippen LogP contribution in [0.3, 0.4) is 0 Å². The molecule has 0 atom stereocenters. The fourth-order valence-electron chi connectivity index (χ4n) is 2.10. The molecule has 23 heavy (non-hydrogen) atoms. The Kier molecular flexibility index (Phi) is 3.76. The number of nitrogens with zero attached hydrogens (tertiary/aromatic N) is 3. The van der Waals surface area contributed by atoms with Gasteiger partial charge in [-0.1, -0.05) is 5.16 Å². The molecule has 1 fully saturated rings. The fourth-order valence-corrected chi connectivity index (χ4v) is 2.97. The molecule has 3 rings (SSSR count). The van der Waals surface area contributed by atoms with Gasteiger partial charge in [0.25, 0.3) is 5.69 Å². The molecule has 0 bridgehead atoms. The number of aromatic nitrogens is 2. The quantitative estimate of drug-likeness (QED) is 0.624. The summed E-state index contributed by atoms with van der Waals surface area (Å²) in [4.78, 5) is 14.2. The van der Waals surface area contributed by atoms with Crippen molar-refractivity contribution < 1.29 is 17.9 Å². The summed E-state index contributed by atoms with van der Waals surface area (Å²) in [5.41, 5.74) is -0.0333. The molecule has 0 unspecified atom stereocenters. The number of nitrogens with one attached hydrogen (secondary N) is 1. The molecule has 0 radical (unpaired) electrons. The maximum absolute atomic E-state index is 11.8. The smallest absolute Gasteiger partial charge is 0.270 e. The molecular weight excluding hydrogens is 324 g/mol. The molecule has 10 heteroatoms. The van der Waals surface area contributed by atoms with Gasteiger partial charge in [-0.2, -0.15) is 4.98 Å². The summed E-state index contributed by atoms with van der Waals surface area (Å²) in [5, 5.41) is 17.5. The van der Waals surface area contributed by atoms with E-state index in [0.717, 1.165) is 25.2 Å². The van der Waals surface area contributed by atoms with E-state index in [0.29, 0.717) is 17.6 Å². The summed E-state index contributed by atoms with van der Waals surface area (Å²) in [5.74, 6) is 1.36. The van der Waals surface area contributed by atoms with Crippen molar-refractivity contribution in [2.45, 2.75) is 30.2 Å². The van der Waals surface area contributed by atoms with Gasteiger partial charge in [-0.25, -0.2) is 8.42 Å². The summed E-state index contributed by atoms with van der Waals surface area (Å²) in [6, 6.07) is 3.62. The van der Waals surface area contributed by atoms with E-state index in [-0.39, 0.29) is 22.8 Å². The van der Waals surface area contributed by atoms with Gasteiger partial charge in [0.2, 0.25) is 5.89 Å². The minimum Gasteiger partial charge on any atom is -0.375 e. The Bertz CT molecular complexity index is 857. The molecule has 0 amide bonds. The van der Waals surface area contributed by atoms with Crippen LogP contribution >= 0.6 is 0 Å². The SMILES string of the molecule is CS(=O)(=O)c1cc([N+](=O)[O-])ccc1NCc1nc(C2CC2)no1. The van der Waals surface area contributed by atoms with Gasteiger partial charge in [-0.15, -0.1) is 0 Å². The Morgan fingerprint density at radius 3 is 2.78 bits per heavy atom. The summed E-state index contributed by atoms with van der Waals surface area (Å²) >= 11 is 0. The average molecular weight is 338 g/mol. The Labute approximate surface area is 131 Å². The van der Waals surface area contributed by atoms with Crippen molar-refractivity contribution >= 4 is 21.2 Å². The van der Waals surface area contributed by atoms with Crippen molar-refractivity contribution in [2.75, 3.05) is 11.6 Å². The highest BCUT2D eigenvalue weighted by Gasteiger charge is 2.28. The van der Waals surface area contributed by atoms with Crippen molar-refractivity contribution in [1.82, 2.24) is 10.1 Å². The van der Waals surface area contributed by atoms with Crippen LogP contribution in [-0.4, -0.2) is 29.7 Å². The zero-order valence-electron chi connectivity index (χ0n) is 12.2. The molecule has 122 valence electrons. The van der Waals surface area contributed by atoms with Crippen molar-refractivity contribution in [3.63, 3.8) is 0 Å². The molecule has 1 aromatic carbocycles. The maximum Gasteiger partial charge on any atom is 0.270 e. The number of benzene rings is 1. The molecule has 0 saturated heterocycles. The van der Waals surface area contributed by atoms with E-state index in [1.54, 1.807) is 0 Å². The largest absolute Gasteiger partial charge is 0.375 e. The third-order valence-electron chi connectivity index (χ3n) is 3.43. The third kappa shape index (κ3) is 3.47. The van der Waals surface area contributed by atoms with E-state index >= 15 is 0 Å². The zero-order valence-corrected chi connectivity index (χ0v) is 13.0. The number of hydrogen-bond acceptors (Lipinski definition) is 8. The summed E-state index contributed by atoms with van der Waals surface area (Å²) in [6.45, 7) is 0.139. The molecule has 0 aliphatic heterocycles. The summed E-state index contributed by atoms with van der Waals surface area (Å²) in [6.07, 6.45) is 3.09. The topological polar surface area (TPSA) is 128 Å². The second-order valence-electron chi connectivity index (χ2n) is 5.38. The van der Waals surface area contributed by atoms with Crippen LogP contribution in [0.1, 0.15) is 30.5 Å². The number of non-ortho nitro benzene ring substituents is 1. The van der Waals surface area contributed by atoms with Gasteiger partial charge in [0, 0.05) is 24.3 Å². The second-order valence-corrected chi connectivity index (χ2v) is 7.37. The Morgan fingerprint density at radius 2 is 2.17 bits per heavy atom. The molecule has 1 aliphatic rings. The van der Waals surface area contributed by atoms with Crippen LogP contribution in [-0.2, 0) is 16.4 Å². The lowest BCUT2D eigenvalue weighted by atomic mass is 10.3. The predicted molar refractivity (Wildman–Crippen MR) is 79.8 cm³/mol. The average Bonchev–Trinajstić information content (AvgIpc) is 3.23. The van der Waals surface area contributed by atoms with Crippen LogP contribution < -0.4 is 5.32 Å². The van der Waals surface area contributed by atoms with Crippen LogP contribution in [0.15, 0.2) is 27.6 Å². The standard InChI is InChI=1S/C13H14N4O5S/c1-23(20,21)11-6-9(17(18)19)4-5-10(11)14-7-12-15-13(16-22-12)8-2-3-8/h4-6,8,14H,2-3,7H2,1H3. The number of nitro groups is 1. The van der Waals surface area contributed by atoms with Crippen molar-refractivity contribution in [3.05, 3.63) is 40.0 Å². The van der Waals surface area contributed by atoms with Gasteiger partial charge in [-0.05, 0) is 18.9 Å². The Balaban J connectivity index is 1.81. The summed E-state index contributed by atoms with van der Waals surface area (Å²) < 4.78 is 28.7. The third-order valence-corrected chi connectivity index (χ3v) is 4.57. The monoisotopic (exact) mass is 338 g/mol. The number of sulfone groups is 1. The first-order valence-corrected chi connectivity index (χ1v) is 8.78. The Hall–Kier alpha value is -2.49. The van der Waals surface area contributed by atoms with Crippen LogP contribution in [0.25, 0.3) is 0 Å². The lowest BCUT2D eigenvalue weighted by Gasteiger charge is -2.09. The van der Waals surface area contributed by atoms with Gasteiger partial charge < -0.3 is 9.84 Å². The molecule has 0 spiro atoms. The highest BCUT2D eigenvalue weighted by Crippen LogP contribution is 2.38. The van der Waals surface area contributed by atoms with E-state index < -0.39 is 14.8 Å². The van der Waals surface area contributed by atoms with Crippen LogP contribution in [0, 0.1) is 10.1 Å². The first-order chi connectivity index (χ1) is 10.8. The Morgan fingerprint density at radius 1 is 1.43 bits per heavy atom. The van der Waals surface area contributed by atoms with Crippen LogP contribution in [0.4, 0.5) is 11.4 Å². The minimum atomic E-state index is -3.63.